The SMILES string of the molecule is N#Cc1c(F)cccc1N1CCCC(Cn2cncn2)C1. The fourth-order valence-electron chi connectivity index (χ4n) is 2.91. The van der Waals surface area contributed by atoms with Gasteiger partial charge < -0.3 is 4.90 Å². The zero-order valence-electron chi connectivity index (χ0n) is 11.6. The standard InChI is InChI=1S/C15H16FN5/c16-14-4-1-5-15(13(14)7-17)20-6-2-3-12(8-20)9-21-11-18-10-19-21/h1,4-5,10-12H,2-3,6,8-9H2. The first-order valence-corrected chi connectivity index (χ1v) is 7.04. The highest BCUT2D eigenvalue weighted by molar-refractivity contribution is 5.60. The lowest BCUT2D eigenvalue weighted by molar-refractivity contribution is 0.351. The van der Waals surface area contributed by atoms with E-state index in [1.54, 1.807) is 12.4 Å². The second-order valence-electron chi connectivity index (χ2n) is 5.32. The molecule has 5 nitrogen and oxygen atoms in total. The number of piperidine rings is 1. The van der Waals surface area contributed by atoms with Gasteiger partial charge in [0.25, 0.3) is 0 Å². The smallest absolute Gasteiger partial charge is 0.143 e. The third-order valence-electron chi connectivity index (χ3n) is 3.87. The second kappa shape index (κ2) is 5.92. The second-order valence-corrected chi connectivity index (χ2v) is 5.32. The van der Waals surface area contributed by atoms with Crippen LogP contribution in [0.2, 0.25) is 0 Å². The van der Waals surface area contributed by atoms with E-state index in [2.05, 4.69) is 15.0 Å². The van der Waals surface area contributed by atoms with Crippen molar-refractivity contribution in [3.63, 3.8) is 0 Å². The van der Waals surface area contributed by atoms with Crippen LogP contribution in [0.25, 0.3) is 0 Å². The number of nitrogens with zero attached hydrogens (tertiary/aromatic N) is 5. The Hall–Kier alpha value is -2.42. The molecule has 0 radical (unpaired) electrons. The Labute approximate surface area is 122 Å². The first kappa shape index (κ1) is 13.6. The number of aromatic nitrogens is 3. The summed E-state index contributed by atoms with van der Waals surface area (Å²) < 4.78 is 15.6. The van der Waals surface area contributed by atoms with Crippen molar-refractivity contribution in [1.82, 2.24) is 14.8 Å². The summed E-state index contributed by atoms with van der Waals surface area (Å²) in [6.07, 6.45) is 5.37. The van der Waals surface area contributed by atoms with Crippen molar-refractivity contribution in [2.75, 3.05) is 18.0 Å². The van der Waals surface area contributed by atoms with Crippen molar-refractivity contribution >= 4 is 5.69 Å². The van der Waals surface area contributed by atoms with Crippen molar-refractivity contribution in [3.05, 3.63) is 42.2 Å². The number of anilines is 1. The molecule has 2 aromatic rings. The van der Waals surface area contributed by atoms with E-state index in [4.69, 9.17) is 5.26 Å². The van der Waals surface area contributed by atoms with Crippen molar-refractivity contribution in [2.45, 2.75) is 19.4 Å². The van der Waals surface area contributed by atoms with Gasteiger partial charge in [-0.15, -0.1) is 0 Å². The highest BCUT2D eigenvalue weighted by Gasteiger charge is 2.23. The fourth-order valence-corrected chi connectivity index (χ4v) is 2.91. The van der Waals surface area contributed by atoms with Crippen molar-refractivity contribution in [1.29, 1.82) is 5.26 Å². The van der Waals surface area contributed by atoms with Crippen LogP contribution >= 0.6 is 0 Å². The average Bonchev–Trinajstić information content (AvgIpc) is 3.00. The van der Waals surface area contributed by atoms with Gasteiger partial charge >= 0.3 is 0 Å². The van der Waals surface area contributed by atoms with E-state index < -0.39 is 5.82 Å². The average molecular weight is 285 g/mol. The van der Waals surface area contributed by atoms with Crippen molar-refractivity contribution in [2.24, 2.45) is 5.92 Å². The number of halogens is 1. The van der Waals surface area contributed by atoms with Gasteiger partial charge in [-0.05, 0) is 30.9 Å². The van der Waals surface area contributed by atoms with Crippen LogP contribution in [0.3, 0.4) is 0 Å². The molecule has 6 heteroatoms. The summed E-state index contributed by atoms with van der Waals surface area (Å²) in [6.45, 7) is 2.46. The molecular formula is C15H16FN5. The third-order valence-corrected chi connectivity index (χ3v) is 3.87. The van der Waals surface area contributed by atoms with Crippen LogP contribution in [0.1, 0.15) is 18.4 Å². The predicted molar refractivity (Wildman–Crippen MR) is 76.1 cm³/mol. The molecule has 3 rings (SSSR count). The molecule has 1 aliphatic rings. The van der Waals surface area contributed by atoms with E-state index in [0.717, 1.165) is 32.5 Å². The minimum absolute atomic E-state index is 0.138. The summed E-state index contributed by atoms with van der Waals surface area (Å²) in [5, 5.41) is 13.3. The molecular weight excluding hydrogens is 269 g/mol. The van der Waals surface area contributed by atoms with E-state index in [-0.39, 0.29) is 5.56 Å². The lowest BCUT2D eigenvalue weighted by Crippen LogP contribution is -2.37. The van der Waals surface area contributed by atoms with Crippen molar-refractivity contribution < 1.29 is 4.39 Å². The molecule has 21 heavy (non-hydrogen) atoms. The van der Waals surface area contributed by atoms with Crippen LogP contribution in [0.15, 0.2) is 30.9 Å². The molecule has 1 atom stereocenters. The highest BCUT2D eigenvalue weighted by atomic mass is 19.1. The predicted octanol–water partition coefficient (Wildman–Crippen LogP) is 2.21. The van der Waals surface area contributed by atoms with Crippen LogP contribution in [0.5, 0.6) is 0 Å². The topological polar surface area (TPSA) is 57.7 Å². The number of hydrogen-bond acceptors (Lipinski definition) is 4. The molecule has 0 saturated carbocycles. The first-order chi connectivity index (χ1) is 10.3. The molecule has 1 aromatic heterocycles. The maximum Gasteiger partial charge on any atom is 0.143 e. The quantitative estimate of drug-likeness (QED) is 0.867. The van der Waals surface area contributed by atoms with Crippen LogP contribution < -0.4 is 4.90 Å². The van der Waals surface area contributed by atoms with E-state index >= 15 is 0 Å². The number of hydrogen-bond donors (Lipinski definition) is 0. The number of rotatable bonds is 3. The molecule has 2 heterocycles. The van der Waals surface area contributed by atoms with Gasteiger partial charge in [0.15, 0.2) is 0 Å². The summed E-state index contributed by atoms with van der Waals surface area (Å²) >= 11 is 0. The fraction of sp³-hybridized carbons (Fsp3) is 0.400. The monoisotopic (exact) mass is 285 g/mol. The van der Waals surface area contributed by atoms with Gasteiger partial charge in [-0.2, -0.15) is 10.4 Å². The van der Waals surface area contributed by atoms with Gasteiger partial charge in [-0.25, -0.2) is 9.37 Å². The van der Waals surface area contributed by atoms with Gasteiger partial charge in [0.2, 0.25) is 0 Å². The molecule has 0 N–H and O–H groups in total. The Bertz CT molecular complexity index is 647. The molecule has 1 aliphatic heterocycles. The zero-order valence-corrected chi connectivity index (χ0v) is 11.6. The van der Waals surface area contributed by atoms with E-state index in [0.29, 0.717) is 11.6 Å². The van der Waals surface area contributed by atoms with E-state index in [9.17, 15) is 4.39 Å². The maximum absolute atomic E-state index is 13.7. The summed E-state index contributed by atoms with van der Waals surface area (Å²) in [6, 6.07) is 6.79. The number of benzene rings is 1. The Kier molecular flexibility index (Phi) is 3.82. The molecule has 1 saturated heterocycles. The van der Waals surface area contributed by atoms with Gasteiger partial charge in [-0.3, -0.25) is 4.68 Å². The number of nitriles is 1. The molecule has 1 aromatic carbocycles. The zero-order chi connectivity index (χ0) is 14.7. The minimum atomic E-state index is -0.451. The molecule has 108 valence electrons. The van der Waals surface area contributed by atoms with Crippen molar-refractivity contribution in [3.8, 4) is 6.07 Å². The normalized spacial score (nSPS) is 18.5. The van der Waals surface area contributed by atoms with E-state index in [1.807, 2.05) is 16.8 Å². The van der Waals surface area contributed by atoms with Gasteiger partial charge in [-0.1, -0.05) is 6.07 Å². The molecule has 1 fully saturated rings. The van der Waals surface area contributed by atoms with Crippen LogP contribution in [0.4, 0.5) is 10.1 Å². The lowest BCUT2D eigenvalue weighted by Gasteiger charge is -2.34. The molecule has 0 bridgehead atoms. The molecule has 1 unspecified atom stereocenters. The van der Waals surface area contributed by atoms with Crippen LogP contribution in [-0.4, -0.2) is 27.9 Å². The summed E-state index contributed by atoms with van der Waals surface area (Å²) in [4.78, 5) is 6.05. The van der Waals surface area contributed by atoms with Gasteiger partial charge in [0, 0.05) is 19.6 Å². The highest BCUT2D eigenvalue weighted by Crippen LogP contribution is 2.28. The lowest BCUT2D eigenvalue weighted by atomic mass is 9.97. The minimum Gasteiger partial charge on any atom is -0.370 e. The van der Waals surface area contributed by atoms with E-state index in [1.165, 1.54) is 12.4 Å². The Balaban J connectivity index is 1.77. The van der Waals surface area contributed by atoms with Gasteiger partial charge in [0.1, 0.15) is 30.1 Å². The Morgan fingerprint density at radius 3 is 3.10 bits per heavy atom. The molecule has 0 spiro atoms. The first-order valence-electron chi connectivity index (χ1n) is 7.04. The van der Waals surface area contributed by atoms with Crippen LogP contribution in [-0.2, 0) is 6.54 Å². The Morgan fingerprint density at radius 1 is 1.43 bits per heavy atom. The largest absolute Gasteiger partial charge is 0.370 e. The van der Waals surface area contributed by atoms with Crippen LogP contribution in [0, 0.1) is 23.1 Å². The summed E-state index contributed by atoms with van der Waals surface area (Å²) in [5.74, 6) is -0.0244. The van der Waals surface area contributed by atoms with Gasteiger partial charge in [0.05, 0.1) is 5.69 Å². The maximum atomic E-state index is 13.7. The summed E-state index contributed by atoms with van der Waals surface area (Å²) in [5.41, 5.74) is 0.833. The Morgan fingerprint density at radius 2 is 2.33 bits per heavy atom. The molecule has 0 amide bonds. The third kappa shape index (κ3) is 2.87. The summed E-state index contributed by atoms with van der Waals surface area (Å²) in [7, 11) is 0. The molecule has 0 aliphatic carbocycles.